The van der Waals surface area contributed by atoms with Crippen LogP contribution in [0.25, 0.3) is 0 Å². The minimum atomic E-state index is -0.639. The highest BCUT2D eigenvalue weighted by Crippen LogP contribution is 2.19. The predicted molar refractivity (Wildman–Crippen MR) is 92.2 cm³/mol. The van der Waals surface area contributed by atoms with Crippen LogP contribution in [0.2, 0.25) is 0 Å². The molecule has 0 aromatic heterocycles. The molecule has 1 atom stereocenters. The fourth-order valence-corrected chi connectivity index (χ4v) is 2.41. The standard InChI is InChI=1S/C18H16N2O6/c1-24-18(21)16-11-26-17(19-16)13-5-7-15(8-6-13)25-10-12-3-2-4-14(9-12)20(22)23/h2-9,16H,10-11H2,1H3/t16-/m1/s1. The first-order valence-electron chi connectivity index (χ1n) is 7.82. The third-order valence-electron chi connectivity index (χ3n) is 3.75. The number of aliphatic imine (C=N–C) groups is 1. The molecule has 1 heterocycles. The first kappa shape index (κ1) is 17.4. The van der Waals surface area contributed by atoms with Crippen LogP contribution in [0.15, 0.2) is 53.5 Å². The molecule has 2 aromatic carbocycles. The molecule has 0 saturated carbocycles. The molecule has 0 unspecified atom stereocenters. The topological polar surface area (TPSA) is 100 Å². The number of non-ortho nitro benzene ring substituents is 1. The normalized spacial score (nSPS) is 15.7. The second kappa shape index (κ2) is 7.64. The third-order valence-corrected chi connectivity index (χ3v) is 3.75. The smallest absolute Gasteiger partial charge is 0.334 e. The molecule has 0 spiro atoms. The summed E-state index contributed by atoms with van der Waals surface area (Å²) in [5.41, 5.74) is 1.45. The molecule has 0 aliphatic carbocycles. The van der Waals surface area contributed by atoms with Crippen molar-refractivity contribution in [3.63, 3.8) is 0 Å². The van der Waals surface area contributed by atoms with E-state index in [-0.39, 0.29) is 18.9 Å². The SMILES string of the molecule is COC(=O)[C@H]1COC(c2ccc(OCc3cccc([N+](=O)[O-])c3)cc2)=N1. The molecular formula is C18H16N2O6. The van der Waals surface area contributed by atoms with Crippen molar-refractivity contribution in [3.05, 3.63) is 69.8 Å². The molecule has 3 rings (SSSR count). The van der Waals surface area contributed by atoms with E-state index < -0.39 is 16.9 Å². The molecule has 8 nitrogen and oxygen atoms in total. The second-order valence-electron chi connectivity index (χ2n) is 5.52. The quantitative estimate of drug-likeness (QED) is 0.448. The van der Waals surface area contributed by atoms with Crippen LogP contribution >= 0.6 is 0 Å². The highest BCUT2D eigenvalue weighted by atomic mass is 16.6. The zero-order valence-corrected chi connectivity index (χ0v) is 14.0. The number of benzene rings is 2. The molecule has 0 radical (unpaired) electrons. The van der Waals surface area contributed by atoms with Gasteiger partial charge in [0.2, 0.25) is 5.90 Å². The molecule has 1 aliphatic heterocycles. The van der Waals surface area contributed by atoms with E-state index in [9.17, 15) is 14.9 Å². The van der Waals surface area contributed by atoms with Gasteiger partial charge in [0.1, 0.15) is 19.0 Å². The van der Waals surface area contributed by atoms with Gasteiger partial charge in [0.15, 0.2) is 6.04 Å². The number of methoxy groups -OCH3 is 1. The number of carbonyl (C=O) groups is 1. The zero-order chi connectivity index (χ0) is 18.5. The molecule has 134 valence electrons. The highest BCUT2D eigenvalue weighted by Gasteiger charge is 2.27. The highest BCUT2D eigenvalue weighted by molar-refractivity contribution is 5.97. The van der Waals surface area contributed by atoms with E-state index in [1.165, 1.54) is 19.2 Å². The van der Waals surface area contributed by atoms with Gasteiger partial charge < -0.3 is 14.2 Å². The second-order valence-corrected chi connectivity index (χ2v) is 5.52. The molecule has 0 N–H and O–H groups in total. The van der Waals surface area contributed by atoms with Gasteiger partial charge >= 0.3 is 5.97 Å². The largest absolute Gasteiger partial charge is 0.489 e. The molecule has 26 heavy (non-hydrogen) atoms. The molecule has 8 heteroatoms. The summed E-state index contributed by atoms with van der Waals surface area (Å²) in [6.45, 7) is 0.371. The number of ether oxygens (including phenoxy) is 3. The minimum absolute atomic E-state index is 0.0259. The number of rotatable bonds is 6. The Hall–Kier alpha value is -3.42. The molecule has 0 fully saturated rings. The van der Waals surface area contributed by atoms with Gasteiger partial charge in [-0.3, -0.25) is 10.1 Å². The molecule has 2 aromatic rings. The maximum Gasteiger partial charge on any atom is 0.334 e. The first-order valence-corrected chi connectivity index (χ1v) is 7.82. The van der Waals surface area contributed by atoms with E-state index in [2.05, 4.69) is 9.73 Å². The molecule has 1 aliphatic rings. The van der Waals surface area contributed by atoms with E-state index >= 15 is 0 Å². The third kappa shape index (κ3) is 3.97. The van der Waals surface area contributed by atoms with Crippen molar-refractivity contribution in [2.45, 2.75) is 12.6 Å². The monoisotopic (exact) mass is 356 g/mol. The van der Waals surface area contributed by atoms with E-state index in [1.54, 1.807) is 36.4 Å². The fourth-order valence-electron chi connectivity index (χ4n) is 2.41. The van der Waals surface area contributed by atoms with Crippen molar-refractivity contribution >= 4 is 17.6 Å². The van der Waals surface area contributed by atoms with Gasteiger partial charge in [0, 0.05) is 17.7 Å². The summed E-state index contributed by atoms with van der Waals surface area (Å²) >= 11 is 0. The number of nitro benzene ring substituents is 1. The number of nitrogens with zero attached hydrogens (tertiary/aromatic N) is 2. The number of esters is 1. The fraction of sp³-hybridized carbons (Fsp3) is 0.222. The van der Waals surface area contributed by atoms with Crippen LogP contribution in [0, 0.1) is 10.1 Å². The van der Waals surface area contributed by atoms with Crippen LogP contribution in [-0.2, 0) is 20.9 Å². The van der Waals surface area contributed by atoms with E-state index in [0.29, 0.717) is 17.2 Å². The number of carbonyl (C=O) groups excluding carboxylic acids is 1. The number of nitro groups is 1. The van der Waals surface area contributed by atoms with Crippen LogP contribution in [0.4, 0.5) is 5.69 Å². The summed E-state index contributed by atoms with van der Waals surface area (Å²) in [6, 6.07) is 12.7. The van der Waals surface area contributed by atoms with Crippen LogP contribution in [-0.4, -0.2) is 36.5 Å². The van der Waals surface area contributed by atoms with Crippen molar-refractivity contribution in [3.8, 4) is 5.75 Å². The van der Waals surface area contributed by atoms with Crippen molar-refractivity contribution < 1.29 is 23.9 Å². The van der Waals surface area contributed by atoms with Gasteiger partial charge in [0.05, 0.1) is 12.0 Å². The Kier molecular flexibility index (Phi) is 5.12. The van der Waals surface area contributed by atoms with Crippen molar-refractivity contribution in [1.82, 2.24) is 0 Å². The molecule has 0 amide bonds. The van der Waals surface area contributed by atoms with Gasteiger partial charge in [-0.2, -0.15) is 0 Å². The Morgan fingerprint density at radius 1 is 1.31 bits per heavy atom. The summed E-state index contributed by atoms with van der Waals surface area (Å²) in [4.78, 5) is 26.0. The van der Waals surface area contributed by atoms with Crippen molar-refractivity contribution in [2.75, 3.05) is 13.7 Å². The Balaban J connectivity index is 1.63. The maximum atomic E-state index is 11.5. The van der Waals surface area contributed by atoms with Crippen LogP contribution < -0.4 is 4.74 Å². The van der Waals surface area contributed by atoms with Gasteiger partial charge in [-0.15, -0.1) is 0 Å². The van der Waals surface area contributed by atoms with Crippen molar-refractivity contribution in [2.24, 2.45) is 4.99 Å². The van der Waals surface area contributed by atoms with Crippen LogP contribution in [0.3, 0.4) is 0 Å². The first-order chi connectivity index (χ1) is 12.6. The Bertz CT molecular complexity index is 847. The molecule has 0 bridgehead atoms. The predicted octanol–water partition coefficient (Wildman–Crippen LogP) is 2.49. The molecular weight excluding hydrogens is 340 g/mol. The summed E-state index contributed by atoms with van der Waals surface area (Å²) in [6.07, 6.45) is 0. The van der Waals surface area contributed by atoms with Crippen LogP contribution in [0.1, 0.15) is 11.1 Å². The van der Waals surface area contributed by atoms with Crippen molar-refractivity contribution in [1.29, 1.82) is 0 Å². The lowest BCUT2D eigenvalue weighted by atomic mass is 10.2. The summed E-state index contributed by atoms with van der Waals surface area (Å²) in [5, 5.41) is 10.8. The van der Waals surface area contributed by atoms with Gasteiger partial charge in [-0.25, -0.2) is 9.79 Å². The lowest BCUT2D eigenvalue weighted by molar-refractivity contribution is -0.384. The maximum absolute atomic E-state index is 11.5. The number of hydrogen-bond acceptors (Lipinski definition) is 7. The summed E-state index contributed by atoms with van der Waals surface area (Å²) in [5.74, 6) is 0.547. The van der Waals surface area contributed by atoms with Gasteiger partial charge in [0.25, 0.3) is 5.69 Å². The van der Waals surface area contributed by atoms with Crippen LogP contribution in [0.5, 0.6) is 5.75 Å². The summed E-state index contributed by atoms with van der Waals surface area (Å²) in [7, 11) is 1.31. The van der Waals surface area contributed by atoms with E-state index in [1.807, 2.05) is 0 Å². The minimum Gasteiger partial charge on any atom is -0.489 e. The average Bonchev–Trinajstić information content (AvgIpc) is 3.16. The Morgan fingerprint density at radius 3 is 2.77 bits per heavy atom. The number of hydrogen-bond donors (Lipinski definition) is 0. The average molecular weight is 356 g/mol. The van der Waals surface area contributed by atoms with E-state index in [0.717, 1.165) is 5.56 Å². The van der Waals surface area contributed by atoms with Gasteiger partial charge in [-0.1, -0.05) is 12.1 Å². The van der Waals surface area contributed by atoms with E-state index in [4.69, 9.17) is 9.47 Å². The summed E-state index contributed by atoms with van der Waals surface area (Å²) < 4.78 is 15.7. The lowest BCUT2D eigenvalue weighted by Crippen LogP contribution is -2.21. The Morgan fingerprint density at radius 2 is 2.08 bits per heavy atom. The van der Waals surface area contributed by atoms with Gasteiger partial charge in [-0.05, 0) is 29.8 Å². The zero-order valence-electron chi connectivity index (χ0n) is 14.0. The lowest BCUT2D eigenvalue weighted by Gasteiger charge is -2.07. The Labute approximate surface area is 149 Å². The molecule has 0 saturated heterocycles.